The number of unbranched alkanes of at least 4 members (excludes halogenated alkanes) is 2. The second-order valence-corrected chi connectivity index (χ2v) is 11.1. The fraction of sp³-hybridized carbons (Fsp3) is 0.655. The van der Waals surface area contributed by atoms with Crippen LogP contribution in [0.1, 0.15) is 76.8 Å². The van der Waals surface area contributed by atoms with Crippen LogP contribution in [0.2, 0.25) is 0 Å². The molecule has 1 fully saturated rings. The van der Waals surface area contributed by atoms with Crippen molar-refractivity contribution in [2.24, 2.45) is 17.8 Å². The number of nitrogens with zero attached hydrogens (tertiary/aromatic N) is 1. The Morgan fingerprint density at radius 3 is 2.68 bits per heavy atom. The first-order valence-electron chi connectivity index (χ1n) is 12.5. The Morgan fingerprint density at radius 2 is 1.94 bits per heavy atom. The van der Waals surface area contributed by atoms with Gasteiger partial charge in [-0.05, 0) is 104 Å². The third-order valence-electron chi connectivity index (χ3n) is 7.63. The van der Waals surface area contributed by atoms with Crippen molar-refractivity contribution in [1.29, 1.82) is 0 Å². The third-order valence-corrected chi connectivity index (χ3v) is 7.63. The number of hydrogen-bond donors (Lipinski definition) is 1. The molecule has 0 spiro atoms. The summed E-state index contributed by atoms with van der Waals surface area (Å²) in [6, 6.07) is 8.80. The Morgan fingerprint density at radius 1 is 1.13 bits per heavy atom. The first-order chi connectivity index (χ1) is 14.7. The lowest BCUT2D eigenvalue weighted by molar-refractivity contribution is 0.141. The molecule has 1 aromatic carbocycles. The van der Waals surface area contributed by atoms with Gasteiger partial charge in [-0.2, -0.15) is 0 Å². The maximum atomic E-state index is 10.6. The summed E-state index contributed by atoms with van der Waals surface area (Å²) in [7, 11) is 2.24. The van der Waals surface area contributed by atoms with Crippen molar-refractivity contribution in [3.05, 3.63) is 59.2 Å². The zero-order valence-electron chi connectivity index (χ0n) is 20.6. The Hall–Kier alpha value is -1.38. The van der Waals surface area contributed by atoms with E-state index < -0.39 is 0 Å². The summed E-state index contributed by atoms with van der Waals surface area (Å²) in [5.74, 6) is 1.58. The van der Waals surface area contributed by atoms with Crippen LogP contribution in [0.25, 0.3) is 0 Å². The third kappa shape index (κ3) is 7.05. The summed E-state index contributed by atoms with van der Waals surface area (Å²) >= 11 is 0. The molecule has 0 amide bonds. The molecule has 1 N–H and O–H groups in total. The normalized spacial score (nSPS) is 26.1. The maximum absolute atomic E-state index is 10.6. The minimum Gasteiger partial charge on any atom is -0.392 e. The van der Waals surface area contributed by atoms with E-state index in [2.05, 4.69) is 82.1 Å². The molecule has 2 nitrogen and oxygen atoms in total. The molecule has 0 aliphatic heterocycles. The Bertz CT molecular complexity index is 756. The van der Waals surface area contributed by atoms with Crippen molar-refractivity contribution in [2.45, 2.75) is 90.7 Å². The lowest BCUT2D eigenvalue weighted by Gasteiger charge is -2.31. The SMILES string of the molecule is Cc1cccc(CC/C=C/[C@@H]2[C@H]3CC(CCCCCN(C)C(C)(C)C)=C[C@H]3C[C@H]2O)c1. The highest BCUT2D eigenvalue weighted by atomic mass is 16.3. The van der Waals surface area contributed by atoms with Crippen LogP contribution < -0.4 is 0 Å². The molecule has 172 valence electrons. The molecule has 0 radical (unpaired) electrons. The first-order valence-corrected chi connectivity index (χ1v) is 12.5. The molecule has 2 aliphatic carbocycles. The van der Waals surface area contributed by atoms with Crippen LogP contribution in [0.3, 0.4) is 0 Å². The molecule has 2 heteroatoms. The van der Waals surface area contributed by atoms with Gasteiger partial charge >= 0.3 is 0 Å². The molecule has 4 atom stereocenters. The number of rotatable bonds is 10. The van der Waals surface area contributed by atoms with E-state index >= 15 is 0 Å². The predicted molar refractivity (Wildman–Crippen MR) is 133 cm³/mol. The van der Waals surface area contributed by atoms with Crippen LogP contribution in [0, 0.1) is 24.7 Å². The molecular formula is C29H45NO. The van der Waals surface area contributed by atoms with Crippen LogP contribution in [-0.2, 0) is 6.42 Å². The summed E-state index contributed by atoms with van der Waals surface area (Å²) in [6.45, 7) is 10.2. The molecule has 2 aliphatic rings. The summed E-state index contributed by atoms with van der Waals surface area (Å²) in [5, 5.41) is 10.6. The fourth-order valence-corrected chi connectivity index (χ4v) is 5.37. The van der Waals surface area contributed by atoms with Crippen molar-refractivity contribution in [3.8, 4) is 0 Å². The summed E-state index contributed by atoms with van der Waals surface area (Å²) in [5.41, 5.74) is 4.67. The maximum Gasteiger partial charge on any atom is 0.0611 e. The molecule has 3 rings (SSSR count). The van der Waals surface area contributed by atoms with Crippen LogP contribution in [0.5, 0.6) is 0 Å². The highest BCUT2D eigenvalue weighted by Gasteiger charge is 2.43. The lowest BCUT2D eigenvalue weighted by Crippen LogP contribution is -2.38. The van der Waals surface area contributed by atoms with Gasteiger partial charge in [-0.1, -0.05) is 60.1 Å². The number of aryl methyl sites for hydroxylation is 2. The van der Waals surface area contributed by atoms with Crippen LogP contribution in [-0.4, -0.2) is 35.2 Å². The number of allylic oxidation sites excluding steroid dienone is 3. The number of benzene rings is 1. The van der Waals surface area contributed by atoms with E-state index in [9.17, 15) is 5.11 Å². The van der Waals surface area contributed by atoms with Crippen molar-refractivity contribution < 1.29 is 5.11 Å². The zero-order valence-corrected chi connectivity index (χ0v) is 20.6. The fourth-order valence-electron chi connectivity index (χ4n) is 5.37. The lowest BCUT2D eigenvalue weighted by atomic mass is 9.88. The average molecular weight is 424 g/mol. The van der Waals surface area contributed by atoms with Crippen molar-refractivity contribution in [2.75, 3.05) is 13.6 Å². The van der Waals surface area contributed by atoms with E-state index in [0.717, 1.165) is 19.3 Å². The number of aliphatic hydroxyl groups excluding tert-OH is 1. The predicted octanol–water partition coefficient (Wildman–Crippen LogP) is 6.72. The van der Waals surface area contributed by atoms with Gasteiger partial charge in [0.2, 0.25) is 0 Å². The standard InChI is InChI=1S/C29H45NO/c1-22-12-11-15-23(18-22)13-8-9-16-26-27-20-24(19-25(27)21-28(26)31)14-7-6-10-17-30(5)29(2,3)4/h9,11-12,15-16,18-19,25-28,31H,6-8,10,13-14,17,20-21H2,1-5H3/b16-9+/t25-,26+,27-,28+/m0/s1. The van der Waals surface area contributed by atoms with Gasteiger partial charge in [-0.25, -0.2) is 0 Å². The molecular weight excluding hydrogens is 378 g/mol. The Balaban J connectivity index is 1.38. The van der Waals surface area contributed by atoms with E-state index in [0.29, 0.717) is 17.8 Å². The number of fused-ring (bicyclic) bond motifs is 1. The van der Waals surface area contributed by atoms with E-state index in [-0.39, 0.29) is 11.6 Å². The minimum absolute atomic E-state index is 0.157. The van der Waals surface area contributed by atoms with Crippen molar-refractivity contribution in [1.82, 2.24) is 4.90 Å². The van der Waals surface area contributed by atoms with Gasteiger partial charge in [0.05, 0.1) is 6.10 Å². The molecule has 0 unspecified atom stereocenters. The highest BCUT2D eigenvalue weighted by molar-refractivity contribution is 5.23. The van der Waals surface area contributed by atoms with E-state index in [1.54, 1.807) is 5.57 Å². The average Bonchev–Trinajstić information content (AvgIpc) is 3.21. The minimum atomic E-state index is -0.157. The molecule has 1 saturated carbocycles. The van der Waals surface area contributed by atoms with E-state index in [1.165, 1.54) is 49.8 Å². The van der Waals surface area contributed by atoms with Gasteiger partial charge in [0.1, 0.15) is 0 Å². The zero-order chi connectivity index (χ0) is 22.4. The van der Waals surface area contributed by atoms with Crippen molar-refractivity contribution in [3.63, 3.8) is 0 Å². The van der Waals surface area contributed by atoms with E-state index in [1.807, 2.05) is 0 Å². The molecule has 0 aromatic heterocycles. The summed E-state index contributed by atoms with van der Waals surface area (Å²) < 4.78 is 0. The van der Waals surface area contributed by atoms with E-state index in [4.69, 9.17) is 0 Å². The monoisotopic (exact) mass is 423 g/mol. The van der Waals surface area contributed by atoms with Gasteiger partial charge in [-0.3, -0.25) is 0 Å². The van der Waals surface area contributed by atoms with Crippen LogP contribution >= 0.6 is 0 Å². The molecule has 31 heavy (non-hydrogen) atoms. The first kappa shape index (κ1) is 24.3. The van der Waals surface area contributed by atoms with Gasteiger partial charge < -0.3 is 10.0 Å². The molecule has 0 heterocycles. The van der Waals surface area contributed by atoms with Gasteiger partial charge in [-0.15, -0.1) is 0 Å². The van der Waals surface area contributed by atoms with Crippen LogP contribution in [0.4, 0.5) is 0 Å². The summed E-state index contributed by atoms with van der Waals surface area (Å²) in [4.78, 5) is 2.46. The van der Waals surface area contributed by atoms with Crippen LogP contribution in [0.15, 0.2) is 48.1 Å². The van der Waals surface area contributed by atoms with Gasteiger partial charge in [0.25, 0.3) is 0 Å². The van der Waals surface area contributed by atoms with Gasteiger partial charge in [0, 0.05) is 11.5 Å². The summed E-state index contributed by atoms with van der Waals surface area (Å²) in [6.07, 6.45) is 16.5. The molecule has 1 aromatic rings. The molecule has 0 bridgehead atoms. The highest BCUT2D eigenvalue weighted by Crippen LogP contribution is 2.48. The van der Waals surface area contributed by atoms with Gasteiger partial charge in [0.15, 0.2) is 0 Å². The largest absolute Gasteiger partial charge is 0.392 e. The molecule has 0 saturated heterocycles. The second kappa shape index (κ2) is 11.0. The second-order valence-electron chi connectivity index (χ2n) is 11.1. The quantitative estimate of drug-likeness (QED) is 0.333. The number of aliphatic hydroxyl groups is 1. The van der Waals surface area contributed by atoms with Crippen molar-refractivity contribution >= 4 is 0 Å². The Labute approximate surface area is 191 Å². The topological polar surface area (TPSA) is 23.5 Å². The number of hydrogen-bond acceptors (Lipinski definition) is 2. The smallest absolute Gasteiger partial charge is 0.0611 e. The Kier molecular flexibility index (Phi) is 8.58.